The van der Waals surface area contributed by atoms with Crippen molar-refractivity contribution in [3.05, 3.63) is 94.8 Å². The Kier molecular flexibility index (Phi) is 23.0. The van der Waals surface area contributed by atoms with Crippen LogP contribution in [-0.4, -0.2) is 263 Å². The van der Waals surface area contributed by atoms with E-state index < -0.39 is 12.2 Å². The number of rotatable bonds is 16. The Labute approximate surface area is 618 Å². The number of hydrogen-bond acceptors (Lipinski definition) is 24. The van der Waals surface area contributed by atoms with Crippen molar-refractivity contribution in [2.75, 3.05) is 177 Å². The van der Waals surface area contributed by atoms with Gasteiger partial charge < -0.3 is 102 Å². The van der Waals surface area contributed by atoms with E-state index in [0.717, 1.165) is 103 Å². The number of halogens is 1. The fourth-order valence-electron chi connectivity index (χ4n) is 16.2. The first-order chi connectivity index (χ1) is 51.6. The lowest BCUT2D eigenvalue weighted by Gasteiger charge is -2.36. The number of piperazine rings is 1. The molecule has 0 bridgehead atoms. The second-order valence-electron chi connectivity index (χ2n) is 28.4. The number of nitrogens with two attached hydrogens (primary N) is 4. The molecule has 12 aliphatic rings. The van der Waals surface area contributed by atoms with Crippen LogP contribution in [0.25, 0.3) is 0 Å². The maximum Gasteiger partial charge on any atom is 0.415 e. The van der Waals surface area contributed by atoms with E-state index in [1.807, 2.05) is 41.3 Å². The summed E-state index contributed by atoms with van der Waals surface area (Å²) in [4.78, 5) is 123. The number of benzene rings is 4. The van der Waals surface area contributed by atoms with Crippen LogP contribution in [0.5, 0.6) is 0 Å². The first-order valence-electron chi connectivity index (χ1n) is 36.7. The van der Waals surface area contributed by atoms with Crippen molar-refractivity contribution in [1.82, 2.24) is 26.2 Å². The number of fused-ring (bicyclic) bond motifs is 12. The molecule has 8 fully saturated rings. The summed E-state index contributed by atoms with van der Waals surface area (Å²) < 4.78 is 53.8. The molecule has 0 radical (unpaired) electrons. The number of nitrogens with one attached hydrogen (secondary N) is 4. The molecule has 8 saturated heterocycles. The Morgan fingerprint density at radius 1 is 0.411 bits per heavy atom. The van der Waals surface area contributed by atoms with Crippen molar-refractivity contribution in [3.63, 3.8) is 0 Å². The highest BCUT2D eigenvalue weighted by molar-refractivity contribution is 5.97. The minimum Gasteiger partial charge on any atom is -0.442 e. The zero-order valence-electron chi connectivity index (χ0n) is 60.6. The molecule has 0 saturated carbocycles. The van der Waals surface area contributed by atoms with E-state index in [9.17, 15) is 43.2 Å². The number of carbonyl (C=O) groups excluding carboxylic acids is 9. The molecular formula is C73H96FN17O16. The molecule has 33 nitrogen and oxygen atoms in total. The Bertz CT molecular complexity index is 3920. The first-order valence-corrected chi connectivity index (χ1v) is 36.7. The molecule has 34 heteroatoms. The average Bonchev–Trinajstić information content (AvgIpc) is 1.61. The first kappa shape index (κ1) is 75.4. The summed E-state index contributed by atoms with van der Waals surface area (Å²) in [5.74, 6) is -0.920. The normalized spacial score (nSPS) is 26.0. The van der Waals surface area contributed by atoms with Crippen LogP contribution in [0.2, 0.25) is 0 Å². The van der Waals surface area contributed by atoms with Gasteiger partial charge in [-0.3, -0.25) is 43.6 Å². The molecule has 12 heterocycles. The highest BCUT2D eigenvalue weighted by Gasteiger charge is 2.52. The highest BCUT2D eigenvalue weighted by atomic mass is 19.1. The van der Waals surface area contributed by atoms with Gasteiger partial charge >= 0.3 is 24.4 Å². The van der Waals surface area contributed by atoms with Gasteiger partial charge in [0.2, 0.25) is 29.5 Å². The van der Waals surface area contributed by atoms with E-state index in [2.05, 4.69) is 54.2 Å². The van der Waals surface area contributed by atoms with Crippen LogP contribution in [0.4, 0.5) is 69.1 Å². The average molecular weight is 1490 g/mol. The van der Waals surface area contributed by atoms with Crippen LogP contribution in [0.1, 0.15) is 49.9 Å². The lowest BCUT2D eigenvalue weighted by molar-refractivity contribution is -0.130. The van der Waals surface area contributed by atoms with Crippen LogP contribution < -0.4 is 83.4 Å². The van der Waals surface area contributed by atoms with Crippen molar-refractivity contribution in [3.8, 4) is 0 Å². The smallest absolute Gasteiger partial charge is 0.415 e. The predicted molar refractivity (Wildman–Crippen MR) is 392 cm³/mol. The summed E-state index contributed by atoms with van der Waals surface area (Å²) in [6.45, 7) is 17.4. The van der Waals surface area contributed by atoms with E-state index >= 15 is 4.39 Å². The molecule has 107 heavy (non-hydrogen) atoms. The molecule has 12 N–H and O–H groups in total. The molecule has 0 unspecified atom stereocenters. The zero-order valence-corrected chi connectivity index (χ0v) is 60.6. The summed E-state index contributed by atoms with van der Waals surface area (Å²) in [6.07, 6.45) is -0.553. The highest BCUT2D eigenvalue weighted by Crippen LogP contribution is 2.46. The number of ether oxygens (including phenoxy) is 7. The van der Waals surface area contributed by atoms with Gasteiger partial charge in [0.1, 0.15) is 24.4 Å². The number of cyclic esters (lactones) is 4. The Morgan fingerprint density at radius 2 is 0.729 bits per heavy atom. The van der Waals surface area contributed by atoms with Gasteiger partial charge in [-0.15, -0.1) is 0 Å². The SMILES string of the molecule is CC(=O)NC[C@@H]1OC(=O)N2c3ccc(N4CCN(C(=O)CN)CC4)cc3C[C@@H]12.CC(=O)NC[C@@H]1OC(=O)N2c3ccc(N4CCO[C@@H](CN)C4)c(F)c3C[C@@H]12.CC(=O)NC[C@@H]1OC(=O)N2c3ccc(N4CCO[C@@H](CN)C4)cc3C[C@@H]12.CC(=O)NC[C@@H]1OC(=O)N2c3ccc(N4CCO[C@H](CN)C4)cc3C[C@@H]12. The molecule has 16 rings (SSSR count). The number of carbonyl (C=O) groups is 9. The number of nitrogens with zero attached hydrogens (tertiary/aromatic N) is 9. The number of anilines is 8. The van der Waals surface area contributed by atoms with E-state index in [1.165, 1.54) is 32.6 Å². The third-order valence-corrected chi connectivity index (χ3v) is 21.6. The van der Waals surface area contributed by atoms with Gasteiger partial charge in [-0.05, 0) is 103 Å². The van der Waals surface area contributed by atoms with E-state index in [0.29, 0.717) is 115 Å². The van der Waals surface area contributed by atoms with Crippen molar-refractivity contribution >= 4 is 99.4 Å². The van der Waals surface area contributed by atoms with Crippen LogP contribution >= 0.6 is 0 Å². The van der Waals surface area contributed by atoms with Gasteiger partial charge in [0, 0.05) is 142 Å². The maximum absolute atomic E-state index is 15.3. The molecule has 12 aliphatic heterocycles. The van der Waals surface area contributed by atoms with E-state index in [4.69, 9.17) is 56.1 Å². The predicted octanol–water partition coefficient (Wildman–Crippen LogP) is 0.528. The minimum atomic E-state index is -0.504. The van der Waals surface area contributed by atoms with Crippen molar-refractivity contribution in [1.29, 1.82) is 0 Å². The van der Waals surface area contributed by atoms with E-state index in [1.54, 1.807) is 31.7 Å². The van der Waals surface area contributed by atoms with Gasteiger partial charge in [0.05, 0.1) is 123 Å². The summed E-state index contributed by atoms with van der Waals surface area (Å²) in [5.41, 5.74) is 33.5. The summed E-state index contributed by atoms with van der Waals surface area (Å²) >= 11 is 0. The van der Waals surface area contributed by atoms with Crippen LogP contribution in [0, 0.1) is 5.82 Å². The molecule has 0 aliphatic carbocycles. The lowest BCUT2D eigenvalue weighted by Crippen LogP contribution is -2.50. The second-order valence-corrected chi connectivity index (χ2v) is 28.4. The number of morpholine rings is 3. The lowest BCUT2D eigenvalue weighted by atomic mass is 10.0. The number of hydrogen-bond donors (Lipinski definition) is 8. The third kappa shape index (κ3) is 16.1. The monoisotopic (exact) mass is 1490 g/mol. The molecular weight excluding hydrogens is 1390 g/mol. The zero-order chi connectivity index (χ0) is 75.5. The van der Waals surface area contributed by atoms with E-state index in [-0.39, 0.29) is 128 Å². The summed E-state index contributed by atoms with van der Waals surface area (Å²) in [7, 11) is 0. The third-order valence-electron chi connectivity index (χ3n) is 21.6. The second kappa shape index (κ2) is 32.7. The fourth-order valence-corrected chi connectivity index (χ4v) is 16.2. The quantitative estimate of drug-likeness (QED) is 0.0709. The maximum atomic E-state index is 15.3. The standard InChI is InChI=1S/C19H25N5O4.C18H23FN4O4.2C18H24N4O4/c1-12(25)21-11-17-16-9-13-8-14(2-3-15(13)24(16)19(27)28-17)22-4-6-23(7-5-22)18(26)10-20;1-10(24)21-8-16-15-6-12-13(23(15)18(25)27-16)2-3-14(17(12)19)22-4-5-26-11(7-20)9-22;2*1-11(23)20-9-17-16-7-12-6-13(21-4-5-25-14(8-19)10-21)2-3-15(12)22(16)18(24)26-17/h2-3,8,16-17H,4-7,9-11,20H2,1H3,(H,21,25);2-3,11,15-16H,4-9,20H2,1H3,(H,21,24);2*2-3,6,14,16-17H,4-5,7-10,19H2,1H3,(H,20,23)/t16-,17-;11-,15-,16-;14-,16+,17+;14-,16-,17-/m0010/s1. The topological polar surface area (TPSA) is 400 Å². The molecule has 9 amide bonds. The van der Waals surface area contributed by atoms with Gasteiger partial charge in [-0.2, -0.15) is 0 Å². The number of amides is 9. The van der Waals surface area contributed by atoms with Gasteiger partial charge in [-0.1, -0.05) is 0 Å². The van der Waals surface area contributed by atoms with Crippen molar-refractivity contribution in [2.24, 2.45) is 22.9 Å². The van der Waals surface area contributed by atoms with Gasteiger partial charge in [0.25, 0.3) is 0 Å². The molecule has 0 spiro atoms. The van der Waals surface area contributed by atoms with Crippen LogP contribution in [-0.2, 0) is 82.8 Å². The van der Waals surface area contributed by atoms with Crippen molar-refractivity contribution < 1.29 is 80.7 Å². The Balaban J connectivity index is 0.000000126. The molecule has 4 aromatic rings. The summed E-state index contributed by atoms with van der Waals surface area (Å²) in [5, 5.41) is 10.9. The van der Waals surface area contributed by atoms with Crippen molar-refractivity contribution in [2.45, 2.75) is 120 Å². The molecule has 576 valence electrons. The minimum absolute atomic E-state index is 0.0158. The van der Waals surface area contributed by atoms with Crippen LogP contribution in [0.15, 0.2) is 66.7 Å². The summed E-state index contributed by atoms with van der Waals surface area (Å²) in [6, 6.07) is 21.4. The Hall–Kier alpha value is -9.84. The molecule has 0 aromatic heterocycles. The van der Waals surface area contributed by atoms with Gasteiger partial charge in [0.15, 0.2) is 5.82 Å². The molecule has 11 atom stereocenters. The van der Waals surface area contributed by atoms with Gasteiger partial charge in [-0.25, -0.2) is 23.6 Å². The van der Waals surface area contributed by atoms with Crippen LogP contribution in [0.3, 0.4) is 0 Å². The fraction of sp³-hybridized carbons (Fsp3) is 0.548. The Morgan fingerprint density at radius 3 is 1.08 bits per heavy atom. The molecule has 4 aromatic carbocycles. The largest absolute Gasteiger partial charge is 0.442 e.